The third-order valence-corrected chi connectivity index (χ3v) is 3.13. The fourth-order valence-corrected chi connectivity index (χ4v) is 2.19. The van der Waals surface area contributed by atoms with Gasteiger partial charge in [-0.25, -0.2) is 9.97 Å². The van der Waals surface area contributed by atoms with Crippen LogP contribution in [0.4, 0.5) is 5.95 Å². The van der Waals surface area contributed by atoms with Crippen molar-refractivity contribution in [1.82, 2.24) is 15.3 Å². The van der Waals surface area contributed by atoms with Crippen LogP contribution in [0.1, 0.15) is 23.0 Å². The second-order valence-corrected chi connectivity index (χ2v) is 4.64. The molecular formula is C14H15ClN4O. The van der Waals surface area contributed by atoms with Gasteiger partial charge in [0, 0.05) is 17.1 Å². The number of amides is 1. The van der Waals surface area contributed by atoms with Crippen LogP contribution >= 0.6 is 11.6 Å². The zero-order valence-electron chi connectivity index (χ0n) is 11.3. The molecule has 1 heterocycles. The van der Waals surface area contributed by atoms with Gasteiger partial charge in [0.05, 0.1) is 17.0 Å². The Hall–Kier alpha value is -2.14. The lowest BCUT2D eigenvalue weighted by Gasteiger charge is -2.12. The first-order valence-electron chi connectivity index (χ1n) is 6.21. The first-order chi connectivity index (χ1) is 9.54. The molecule has 0 saturated carbocycles. The van der Waals surface area contributed by atoms with Crippen molar-refractivity contribution in [3.8, 4) is 11.3 Å². The minimum absolute atomic E-state index is 0.116. The molecule has 0 atom stereocenters. The van der Waals surface area contributed by atoms with Crippen molar-refractivity contribution >= 4 is 23.5 Å². The molecule has 2 rings (SSSR count). The minimum atomic E-state index is -0.236. The van der Waals surface area contributed by atoms with Crippen molar-refractivity contribution in [2.24, 2.45) is 0 Å². The molecule has 0 radical (unpaired) electrons. The van der Waals surface area contributed by atoms with E-state index < -0.39 is 0 Å². The highest BCUT2D eigenvalue weighted by molar-refractivity contribution is 6.33. The summed E-state index contributed by atoms with van der Waals surface area (Å²) < 4.78 is 0. The molecule has 0 spiro atoms. The summed E-state index contributed by atoms with van der Waals surface area (Å²) in [6, 6.07) is 7.18. The Morgan fingerprint density at radius 1 is 1.35 bits per heavy atom. The maximum atomic E-state index is 12.2. The van der Waals surface area contributed by atoms with Gasteiger partial charge in [-0.2, -0.15) is 0 Å². The Labute approximate surface area is 122 Å². The predicted molar refractivity (Wildman–Crippen MR) is 79.6 cm³/mol. The molecule has 0 aliphatic heterocycles. The van der Waals surface area contributed by atoms with E-state index in [1.54, 1.807) is 19.1 Å². The van der Waals surface area contributed by atoms with E-state index in [1.807, 2.05) is 19.1 Å². The molecule has 20 heavy (non-hydrogen) atoms. The second kappa shape index (κ2) is 5.88. The molecule has 0 saturated heterocycles. The van der Waals surface area contributed by atoms with Gasteiger partial charge >= 0.3 is 0 Å². The first kappa shape index (κ1) is 14.3. The molecule has 3 N–H and O–H groups in total. The van der Waals surface area contributed by atoms with E-state index in [1.165, 1.54) is 0 Å². The van der Waals surface area contributed by atoms with Gasteiger partial charge in [-0.15, -0.1) is 0 Å². The Kier molecular flexibility index (Phi) is 4.20. The fourth-order valence-electron chi connectivity index (χ4n) is 1.96. The number of nitrogens with two attached hydrogens (primary N) is 1. The molecule has 1 amide bonds. The number of nitrogen functional groups attached to an aromatic ring is 1. The number of rotatable bonds is 3. The lowest BCUT2D eigenvalue weighted by molar-refractivity contribution is 0.0955. The van der Waals surface area contributed by atoms with E-state index in [0.717, 1.165) is 0 Å². The summed E-state index contributed by atoms with van der Waals surface area (Å²) >= 11 is 6.18. The van der Waals surface area contributed by atoms with Crippen LogP contribution in [0.15, 0.2) is 24.3 Å². The van der Waals surface area contributed by atoms with Crippen LogP contribution in [0.25, 0.3) is 11.3 Å². The van der Waals surface area contributed by atoms with E-state index in [2.05, 4.69) is 15.3 Å². The zero-order valence-corrected chi connectivity index (χ0v) is 12.0. The minimum Gasteiger partial charge on any atom is -0.368 e. The largest absolute Gasteiger partial charge is 0.368 e. The average molecular weight is 291 g/mol. The van der Waals surface area contributed by atoms with E-state index in [0.29, 0.717) is 34.1 Å². The molecule has 5 nitrogen and oxygen atoms in total. The summed E-state index contributed by atoms with van der Waals surface area (Å²) in [4.78, 5) is 20.5. The lowest BCUT2D eigenvalue weighted by Crippen LogP contribution is -2.25. The normalized spacial score (nSPS) is 10.3. The zero-order chi connectivity index (χ0) is 14.7. The molecule has 2 aromatic rings. The van der Waals surface area contributed by atoms with Crippen molar-refractivity contribution in [1.29, 1.82) is 0 Å². The summed E-state index contributed by atoms with van der Waals surface area (Å²) in [5, 5.41) is 3.26. The summed E-state index contributed by atoms with van der Waals surface area (Å²) in [7, 11) is 0. The molecule has 104 valence electrons. The molecule has 1 aromatic carbocycles. The van der Waals surface area contributed by atoms with Gasteiger partial charge in [-0.05, 0) is 19.9 Å². The van der Waals surface area contributed by atoms with Gasteiger partial charge < -0.3 is 11.1 Å². The highest BCUT2D eigenvalue weighted by Gasteiger charge is 2.20. The van der Waals surface area contributed by atoms with Crippen LogP contribution in [0, 0.1) is 6.92 Å². The molecule has 6 heteroatoms. The van der Waals surface area contributed by atoms with Gasteiger partial charge in [-0.3, -0.25) is 4.79 Å². The molecule has 1 aromatic heterocycles. The lowest BCUT2D eigenvalue weighted by atomic mass is 10.0. The number of carbonyl (C=O) groups is 1. The maximum absolute atomic E-state index is 12.2. The average Bonchev–Trinajstić information content (AvgIpc) is 2.38. The fraction of sp³-hybridized carbons (Fsp3) is 0.214. The van der Waals surface area contributed by atoms with E-state index in [9.17, 15) is 4.79 Å². The molecule has 0 aliphatic rings. The van der Waals surface area contributed by atoms with Gasteiger partial charge in [0.25, 0.3) is 5.91 Å². The van der Waals surface area contributed by atoms with Gasteiger partial charge in [0.15, 0.2) is 0 Å². The summed E-state index contributed by atoms with van der Waals surface area (Å²) in [5.74, 6) is -0.120. The quantitative estimate of drug-likeness (QED) is 0.910. The van der Waals surface area contributed by atoms with Crippen molar-refractivity contribution < 1.29 is 4.79 Å². The topological polar surface area (TPSA) is 80.9 Å². The predicted octanol–water partition coefficient (Wildman–Crippen LogP) is 2.44. The molecule has 0 fully saturated rings. The number of aryl methyl sites for hydroxylation is 1. The smallest absolute Gasteiger partial charge is 0.255 e. The second-order valence-electron chi connectivity index (χ2n) is 4.23. The SMILES string of the molecule is CCNC(=O)c1c(C)nc(N)nc1-c1ccccc1Cl. The van der Waals surface area contributed by atoms with Crippen LogP contribution < -0.4 is 11.1 Å². The maximum Gasteiger partial charge on any atom is 0.255 e. The van der Waals surface area contributed by atoms with Crippen LogP contribution in [0.2, 0.25) is 5.02 Å². The number of anilines is 1. The van der Waals surface area contributed by atoms with Crippen LogP contribution in [-0.4, -0.2) is 22.4 Å². The van der Waals surface area contributed by atoms with Crippen molar-refractivity contribution in [2.75, 3.05) is 12.3 Å². The molecule has 0 unspecified atom stereocenters. The number of carbonyl (C=O) groups excluding carboxylic acids is 1. The van der Waals surface area contributed by atoms with Crippen molar-refractivity contribution in [3.63, 3.8) is 0 Å². The Balaban J connectivity index is 2.68. The van der Waals surface area contributed by atoms with Crippen molar-refractivity contribution in [2.45, 2.75) is 13.8 Å². The molecule has 0 aliphatic carbocycles. The monoisotopic (exact) mass is 290 g/mol. The van der Waals surface area contributed by atoms with Gasteiger partial charge in [0.1, 0.15) is 0 Å². The standard InChI is InChI=1S/C14H15ClN4O/c1-3-17-13(20)11-8(2)18-14(16)19-12(11)9-6-4-5-7-10(9)15/h4-7H,3H2,1-2H3,(H,17,20)(H2,16,18,19). The Bertz CT molecular complexity index is 658. The Morgan fingerprint density at radius 3 is 2.70 bits per heavy atom. The third-order valence-electron chi connectivity index (χ3n) is 2.80. The highest BCUT2D eigenvalue weighted by Crippen LogP contribution is 2.30. The summed E-state index contributed by atoms with van der Waals surface area (Å²) in [5.41, 5.74) is 7.73. The van der Waals surface area contributed by atoms with Crippen LogP contribution in [0.5, 0.6) is 0 Å². The van der Waals surface area contributed by atoms with Crippen molar-refractivity contribution in [3.05, 3.63) is 40.5 Å². The first-order valence-corrected chi connectivity index (χ1v) is 6.59. The third kappa shape index (κ3) is 2.72. The van der Waals surface area contributed by atoms with Gasteiger partial charge in [0.2, 0.25) is 5.95 Å². The number of nitrogens with zero attached hydrogens (tertiary/aromatic N) is 2. The number of hydrogen-bond acceptors (Lipinski definition) is 4. The van der Waals surface area contributed by atoms with E-state index in [4.69, 9.17) is 17.3 Å². The van der Waals surface area contributed by atoms with Gasteiger partial charge in [-0.1, -0.05) is 29.8 Å². The number of halogens is 1. The number of nitrogens with one attached hydrogen (secondary N) is 1. The summed E-state index contributed by atoms with van der Waals surface area (Å²) in [6.45, 7) is 4.09. The number of hydrogen-bond donors (Lipinski definition) is 2. The van der Waals surface area contributed by atoms with E-state index >= 15 is 0 Å². The highest BCUT2D eigenvalue weighted by atomic mass is 35.5. The summed E-state index contributed by atoms with van der Waals surface area (Å²) in [6.07, 6.45) is 0. The van der Waals surface area contributed by atoms with Crippen LogP contribution in [-0.2, 0) is 0 Å². The number of aromatic nitrogens is 2. The number of benzene rings is 1. The molecular weight excluding hydrogens is 276 g/mol. The Morgan fingerprint density at radius 2 is 2.05 bits per heavy atom. The molecule has 0 bridgehead atoms. The van der Waals surface area contributed by atoms with E-state index in [-0.39, 0.29) is 11.9 Å². The van der Waals surface area contributed by atoms with Crippen LogP contribution in [0.3, 0.4) is 0 Å².